The summed E-state index contributed by atoms with van der Waals surface area (Å²) < 4.78 is 6.06. The van der Waals surface area contributed by atoms with Crippen molar-refractivity contribution in [1.82, 2.24) is 25.5 Å². The number of esters is 1. The second kappa shape index (κ2) is 6.41. The first-order valence-electron chi connectivity index (χ1n) is 6.00. The van der Waals surface area contributed by atoms with Crippen molar-refractivity contribution < 1.29 is 14.3 Å². The van der Waals surface area contributed by atoms with Crippen LogP contribution in [-0.2, 0) is 20.9 Å². The number of nitrogens with zero attached hydrogens (tertiary/aromatic N) is 4. The molecule has 20 heavy (non-hydrogen) atoms. The van der Waals surface area contributed by atoms with Crippen LogP contribution in [0.1, 0.15) is 12.7 Å². The van der Waals surface area contributed by atoms with E-state index in [9.17, 15) is 9.59 Å². The number of aromatic nitrogens is 4. The molecule has 0 aliphatic rings. The number of ether oxygens (including phenoxy) is 1. The molecule has 0 fully saturated rings. The fraction of sp³-hybridized carbons (Fsp3) is 0.250. The summed E-state index contributed by atoms with van der Waals surface area (Å²) in [6.07, 6.45) is 0. The maximum Gasteiger partial charge on any atom is 0.396 e. The van der Waals surface area contributed by atoms with Crippen molar-refractivity contribution in [2.75, 3.05) is 6.61 Å². The highest BCUT2D eigenvalue weighted by atomic mass is 16.5. The van der Waals surface area contributed by atoms with Gasteiger partial charge in [-0.3, -0.25) is 4.79 Å². The van der Waals surface area contributed by atoms with E-state index in [4.69, 9.17) is 0 Å². The molecule has 0 saturated heterocycles. The molecule has 0 bridgehead atoms. The number of benzene rings is 1. The molecule has 0 saturated carbocycles. The first-order chi connectivity index (χ1) is 9.72. The SMILES string of the molecule is CCOC(=O)C(=O)NCc1nnnn1-c1ccccc1. The molecular formula is C12H13N5O3. The summed E-state index contributed by atoms with van der Waals surface area (Å²) in [5, 5.41) is 13.6. The number of amides is 1. The van der Waals surface area contributed by atoms with E-state index < -0.39 is 11.9 Å². The minimum atomic E-state index is -0.925. The van der Waals surface area contributed by atoms with Crippen molar-refractivity contribution in [3.63, 3.8) is 0 Å². The molecule has 0 spiro atoms. The van der Waals surface area contributed by atoms with Gasteiger partial charge in [-0.25, -0.2) is 4.79 Å². The minimum Gasteiger partial charge on any atom is -0.459 e. The summed E-state index contributed by atoms with van der Waals surface area (Å²) in [7, 11) is 0. The molecule has 8 nitrogen and oxygen atoms in total. The van der Waals surface area contributed by atoms with Gasteiger partial charge in [0.2, 0.25) is 0 Å². The summed E-state index contributed by atoms with van der Waals surface area (Å²) in [6.45, 7) is 1.80. The Kier molecular flexibility index (Phi) is 4.38. The van der Waals surface area contributed by atoms with E-state index in [0.717, 1.165) is 5.69 Å². The molecule has 1 heterocycles. The molecule has 1 aromatic heterocycles. The number of nitrogens with one attached hydrogen (secondary N) is 1. The van der Waals surface area contributed by atoms with Gasteiger partial charge >= 0.3 is 11.9 Å². The summed E-state index contributed by atoms with van der Waals surface area (Å²) >= 11 is 0. The number of hydrogen-bond donors (Lipinski definition) is 1. The molecule has 1 amide bonds. The van der Waals surface area contributed by atoms with Gasteiger partial charge in [0.1, 0.15) is 0 Å². The third kappa shape index (κ3) is 3.16. The van der Waals surface area contributed by atoms with Crippen molar-refractivity contribution >= 4 is 11.9 Å². The number of rotatable bonds is 4. The Morgan fingerprint density at radius 1 is 1.30 bits per heavy atom. The molecule has 0 aliphatic carbocycles. The van der Waals surface area contributed by atoms with Crippen molar-refractivity contribution in [1.29, 1.82) is 0 Å². The van der Waals surface area contributed by atoms with E-state index in [1.165, 1.54) is 4.68 Å². The number of para-hydroxylation sites is 1. The Morgan fingerprint density at radius 2 is 2.05 bits per heavy atom. The molecule has 0 atom stereocenters. The van der Waals surface area contributed by atoms with E-state index in [0.29, 0.717) is 5.82 Å². The van der Waals surface area contributed by atoms with Crippen LogP contribution in [0.25, 0.3) is 5.69 Å². The summed E-state index contributed by atoms with van der Waals surface area (Å²) in [6, 6.07) is 9.21. The number of hydrogen-bond acceptors (Lipinski definition) is 6. The predicted octanol–water partition coefficient (Wildman–Crippen LogP) is -0.158. The lowest BCUT2D eigenvalue weighted by atomic mass is 10.3. The summed E-state index contributed by atoms with van der Waals surface area (Å²) in [5.74, 6) is -1.34. The molecule has 104 valence electrons. The number of tetrazole rings is 1. The van der Waals surface area contributed by atoms with E-state index in [-0.39, 0.29) is 13.2 Å². The van der Waals surface area contributed by atoms with Gasteiger partial charge in [-0.05, 0) is 29.5 Å². The largest absolute Gasteiger partial charge is 0.459 e. The van der Waals surface area contributed by atoms with Gasteiger partial charge in [-0.1, -0.05) is 18.2 Å². The van der Waals surface area contributed by atoms with Crippen LogP contribution in [0.2, 0.25) is 0 Å². The van der Waals surface area contributed by atoms with Gasteiger partial charge in [-0.15, -0.1) is 5.10 Å². The quantitative estimate of drug-likeness (QED) is 0.615. The minimum absolute atomic E-state index is 0.0273. The molecule has 1 aromatic carbocycles. The zero-order chi connectivity index (χ0) is 14.4. The molecule has 0 aliphatic heterocycles. The third-order valence-corrected chi connectivity index (χ3v) is 2.40. The van der Waals surface area contributed by atoms with Gasteiger partial charge < -0.3 is 10.1 Å². The van der Waals surface area contributed by atoms with Crippen LogP contribution in [0.3, 0.4) is 0 Å². The van der Waals surface area contributed by atoms with Crippen LogP contribution in [-0.4, -0.2) is 38.7 Å². The maximum absolute atomic E-state index is 11.4. The normalized spacial score (nSPS) is 10.1. The lowest BCUT2D eigenvalue weighted by Crippen LogP contribution is -2.32. The first kappa shape index (κ1) is 13.7. The van der Waals surface area contributed by atoms with E-state index >= 15 is 0 Å². The number of carbonyl (C=O) groups is 2. The zero-order valence-corrected chi connectivity index (χ0v) is 10.8. The van der Waals surface area contributed by atoms with Crippen molar-refractivity contribution in [3.05, 3.63) is 36.2 Å². The van der Waals surface area contributed by atoms with Crippen LogP contribution in [0, 0.1) is 0 Å². The van der Waals surface area contributed by atoms with E-state index in [1.54, 1.807) is 6.92 Å². The van der Waals surface area contributed by atoms with Crippen LogP contribution >= 0.6 is 0 Å². The van der Waals surface area contributed by atoms with Crippen molar-refractivity contribution in [2.45, 2.75) is 13.5 Å². The first-order valence-corrected chi connectivity index (χ1v) is 6.00. The van der Waals surface area contributed by atoms with Crippen molar-refractivity contribution in [2.24, 2.45) is 0 Å². The summed E-state index contributed by atoms with van der Waals surface area (Å²) in [5.41, 5.74) is 0.762. The average molecular weight is 275 g/mol. The Morgan fingerprint density at radius 3 is 2.75 bits per heavy atom. The molecular weight excluding hydrogens is 262 g/mol. The topological polar surface area (TPSA) is 99.0 Å². The molecule has 2 rings (SSSR count). The number of carbonyl (C=O) groups excluding carboxylic acids is 2. The highest BCUT2D eigenvalue weighted by Gasteiger charge is 2.16. The van der Waals surface area contributed by atoms with Gasteiger partial charge in [0.05, 0.1) is 18.8 Å². The molecule has 0 unspecified atom stereocenters. The molecule has 8 heteroatoms. The smallest absolute Gasteiger partial charge is 0.396 e. The van der Waals surface area contributed by atoms with Crippen LogP contribution in [0.4, 0.5) is 0 Å². The Hall–Kier alpha value is -2.77. The van der Waals surface area contributed by atoms with Crippen molar-refractivity contribution in [3.8, 4) is 5.69 Å². The van der Waals surface area contributed by atoms with Gasteiger partial charge in [0.15, 0.2) is 5.82 Å². The Balaban J connectivity index is 2.03. The highest BCUT2D eigenvalue weighted by Crippen LogP contribution is 2.06. The average Bonchev–Trinajstić information content (AvgIpc) is 2.94. The van der Waals surface area contributed by atoms with Crippen LogP contribution in [0.15, 0.2) is 30.3 Å². The molecule has 1 N–H and O–H groups in total. The Bertz CT molecular complexity index is 596. The molecule has 0 radical (unpaired) electrons. The lowest BCUT2D eigenvalue weighted by molar-refractivity contribution is -0.154. The van der Waals surface area contributed by atoms with E-state index in [1.807, 2.05) is 30.3 Å². The second-order valence-electron chi connectivity index (χ2n) is 3.75. The zero-order valence-electron chi connectivity index (χ0n) is 10.8. The van der Waals surface area contributed by atoms with Gasteiger partial charge in [-0.2, -0.15) is 4.68 Å². The third-order valence-electron chi connectivity index (χ3n) is 2.40. The fourth-order valence-electron chi connectivity index (χ4n) is 1.51. The van der Waals surface area contributed by atoms with Gasteiger partial charge in [0.25, 0.3) is 0 Å². The highest BCUT2D eigenvalue weighted by molar-refractivity contribution is 6.32. The predicted molar refractivity (Wildman–Crippen MR) is 67.6 cm³/mol. The fourth-order valence-corrected chi connectivity index (χ4v) is 1.51. The van der Waals surface area contributed by atoms with Gasteiger partial charge in [0, 0.05) is 0 Å². The maximum atomic E-state index is 11.4. The Labute approximate surface area is 114 Å². The monoisotopic (exact) mass is 275 g/mol. The lowest BCUT2D eigenvalue weighted by Gasteiger charge is -2.05. The van der Waals surface area contributed by atoms with Crippen LogP contribution in [0.5, 0.6) is 0 Å². The van der Waals surface area contributed by atoms with Crippen LogP contribution < -0.4 is 5.32 Å². The van der Waals surface area contributed by atoms with E-state index in [2.05, 4.69) is 25.6 Å². The summed E-state index contributed by atoms with van der Waals surface area (Å²) in [4.78, 5) is 22.6. The molecule has 2 aromatic rings. The second-order valence-corrected chi connectivity index (χ2v) is 3.75. The standard InChI is InChI=1S/C12H13N5O3/c1-2-20-12(19)11(18)13-8-10-14-15-16-17(10)9-6-4-3-5-7-9/h3-7H,2,8H2,1H3,(H,13,18).